The Morgan fingerprint density at radius 2 is 1.72 bits per heavy atom. The molecule has 0 aliphatic carbocycles. The van der Waals surface area contributed by atoms with Crippen molar-refractivity contribution in [2.75, 3.05) is 6.61 Å². The van der Waals surface area contributed by atoms with Crippen LogP contribution in [0.25, 0.3) is 0 Å². The summed E-state index contributed by atoms with van der Waals surface area (Å²) in [7, 11) is -3.75. The van der Waals surface area contributed by atoms with Crippen LogP contribution in [0.15, 0.2) is 53.4 Å². The molecule has 0 saturated carbocycles. The Labute approximate surface area is 148 Å². The third kappa shape index (κ3) is 4.82. The molecule has 6 heteroatoms. The lowest BCUT2D eigenvalue weighted by Gasteiger charge is -2.18. The van der Waals surface area contributed by atoms with Crippen LogP contribution in [0.3, 0.4) is 0 Å². The van der Waals surface area contributed by atoms with Gasteiger partial charge in [0.25, 0.3) is 0 Å². The van der Waals surface area contributed by atoms with Crippen LogP contribution in [0.5, 0.6) is 5.75 Å². The number of rotatable bonds is 9. The fraction of sp³-hybridized carbons (Fsp3) is 0.316. The second kappa shape index (κ2) is 8.67. The van der Waals surface area contributed by atoms with E-state index in [1.165, 1.54) is 0 Å². The lowest BCUT2D eigenvalue weighted by atomic mass is 10.2. The Bertz CT molecular complexity index is 783. The smallest absolute Gasteiger partial charge is 0.208 e. The lowest BCUT2D eigenvalue weighted by Crippen LogP contribution is -2.27. The number of amides is 1. The minimum atomic E-state index is -3.75. The van der Waals surface area contributed by atoms with Gasteiger partial charge in [-0.3, -0.25) is 4.79 Å². The van der Waals surface area contributed by atoms with E-state index in [9.17, 15) is 13.2 Å². The number of carbonyl (C=O) groups is 1. The normalized spacial score (nSPS) is 12.4. The van der Waals surface area contributed by atoms with Gasteiger partial charge in [-0.15, -0.1) is 0 Å². The Morgan fingerprint density at radius 3 is 2.28 bits per heavy atom. The highest BCUT2D eigenvalue weighted by molar-refractivity contribution is 7.91. The summed E-state index contributed by atoms with van der Waals surface area (Å²) in [6.07, 6.45) is 2.40. The molecule has 0 spiro atoms. The Hall–Kier alpha value is -2.34. The molecule has 1 atom stereocenters. The molecule has 1 amide bonds. The number of benzene rings is 2. The average molecular weight is 361 g/mol. The topological polar surface area (TPSA) is 72.5 Å². The van der Waals surface area contributed by atoms with Crippen LogP contribution in [0, 0.1) is 6.92 Å². The number of ether oxygens (including phenoxy) is 1. The first-order chi connectivity index (χ1) is 12.0. The van der Waals surface area contributed by atoms with Gasteiger partial charge >= 0.3 is 0 Å². The van der Waals surface area contributed by atoms with Crippen molar-refractivity contribution in [1.29, 1.82) is 0 Å². The van der Waals surface area contributed by atoms with Gasteiger partial charge in [0.05, 0.1) is 11.5 Å². The van der Waals surface area contributed by atoms with Crippen LogP contribution >= 0.6 is 0 Å². The summed E-state index contributed by atoms with van der Waals surface area (Å²) in [4.78, 5) is 11.1. The van der Waals surface area contributed by atoms with E-state index >= 15 is 0 Å². The summed E-state index contributed by atoms with van der Waals surface area (Å²) in [6.45, 7) is 4.58. The van der Waals surface area contributed by atoms with E-state index in [2.05, 4.69) is 12.2 Å². The van der Waals surface area contributed by atoms with Crippen molar-refractivity contribution < 1.29 is 17.9 Å². The first-order valence-corrected chi connectivity index (χ1v) is 9.76. The Kier molecular flexibility index (Phi) is 6.58. The zero-order valence-corrected chi connectivity index (χ0v) is 15.3. The van der Waals surface area contributed by atoms with Crippen LogP contribution < -0.4 is 10.1 Å². The first-order valence-electron chi connectivity index (χ1n) is 8.22. The van der Waals surface area contributed by atoms with Crippen molar-refractivity contribution in [1.82, 2.24) is 5.32 Å². The number of nitrogens with one attached hydrogen (secondary N) is 1. The molecule has 0 fully saturated rings. The highest BCUT2D eigenvalue weighted by atomic mass is 32.2. The number of sulfone groups is 1. The molecule has 0 aromatic heterocycles. The number of hydrogen-bond acceptors (Lipinski definition) is 4. The van der Waals surface area contributed by atoms with Crippen LogP contribution in [-0.4, -0.2) is 21.4 Å². The minimum Gasteiger partial charge on any atom is -0.494 e. The zero-order valence-electron chi connectivity index (χ0n) is 14.4. The molecule has 2 aromatic carbocycles. The first kappa shape index (κ1) is 19.0. The SMILES string of the molecule is CCCCOc1ccc(C(NC=O)S(=O)(=O)c2ccc(C)cc2)cc1. The average Bonchev–Trinajstić information content (AvgIpc) is 2.61. The zero-order chi connectivity index (χ0) is 18.3. The Balaban J connectivity index is 2.27. The molecular weight excluding hydrogens is 338 g/mol. The van der Waals surface area contributed by atoms with E-state index in [1.807, 2.05) is 6.92 Å². The van der Waals surface area contributed by atoms with Crippen molar-refractivity contribution >= 4 is 16.2 Å². The maximum Gasteiger partial charge on any atom is 0.208 e. The molecule has 0 saturated heterocycles. The largest absolute Gasteiger partial charge is 0.494 e. The summed E-state index contributed by atoms with van der Waals surface area (Å²) in [5, 5.41) is 1.27. The molecule has 0 radical (unpaired) electrons. The maximum atomic E-state index is 12.9. The van der Waals surface area contributed by atoms with Crippen molar-refractivity contribution in [3.8, 4) is 5.75 Å². The molecule has 134 valence electrons. The third-order valence-corrected chi connectivity index (χ3v) is 5.79. The van der Waals surface area contributed by atoms with Gasteiger partial charge in [-0.1, -0.05) is 43.2 Å². The number of unbranched alkanes of at least 4 members (excludes halogenated alkanes) is 1. The van der Waals surface area contributed by atoms with Gasteiger partial charge in [0.2, 0.25) is 16.2 Å². The van der Waals surface area contributed by atoms with Gasteiger partial charge in [-0.25, -0.2) is 8.42 Å². The van der Waals surface area contributed by atoms with Crippen molar-refractivity contribution in [3.05, 3.63) is 59.7 Å². The number of carbonyl (C=O) groups excluding carboxylic acids is 1. The molecule has 2 rings (SSSR count). The standard InChI is InChI=1S/C19H23NO4S/c1-3-4-13-24-17-9-7-16(8-10-17)19(20-14-21)25(22,23)18-11-5-15(2)6-12-18/h5-12,14,19H,3-4,13H2,1-2H3,(H,20,21). The summed E-state index contributed by atoms with van der Waals surface area (Å²) < 4.78 is 31.3. The predicted octanol–water partition coefficient (Wildman–Crippen LogP) is 3.39. The second-order valence-electron chi connectivity index (χ2n) is 5.79. The van der Waals surface area contributed by atoms with E-state index in [4.69, 9.17) is 4.74 Å². The van der Waals surface area contributed by atoms with Crippen LogP contribution in [-0.2, 0) is 14.6 Å². The lowest BCUT2D eigenvalue weighted by molar-refractivity contribution is -0.109. The monoisotopic (exact) mass is 361 g/mol. The van der Waals surface area contributed by atoms with Crippen molar-refractivity contribution in [2.24, 2.45) is 0 Å². The Morgan fingerprint density at radius 1 is 1.08 bits per heavy atom. The van der Waals surface area contributed by atoms with Crippen LogP contribution in [0.1, 0.15) is 36.3 Å². The molecular formula is C19H23NO4S. The predicted molar refractivity (Wildman–Crippen MR) is 97.2 cm³/mol. The molecule has 0 heterocycles. The molecule has 0 aliphatic heterocycles. The van der Waals surface area contributed by atoms with Crippen LogP contribution in [0.4, 0.5) is 0 Å². The summed E-state index contributed by atoms with van der Waals surface area (Å²) in [5.41, 5.74) is 1.45. The van der Waals surface area contributed by atoms with Gasteiger partial charge < -0.3 is 10.1 Å². The molecule has 5 nitrogen and oxygen atoms in total. The fourth-order valence-corrected chi connectivity index (χ4v) is 3.90. The number of aryl methyl sites for hydroxylation is 1. The summed E-state index contributed by atoms with van der Waals surface area (Å²) in [5.74, 6) is 0.676. The molecule has 2 aromatic rings. The van der Waals surface area contributed by atoms with Gasteiger partial charge in [-0.2, -0.15) is 0 Å². The highest BCUT2D eigenvalue weighted by Crippen LogP contribution is 2.28. The van der Waals surface area contributed by atoms with Gasteiger partial charge in [-0.05, 0) is 43.2 Å². The summed E-state index contributed by atoms with van der Waals surface area (Å²) in [6, 6.07) is 13.3. The second-order valence-corrected chi connectivity index (χ2v) is 7.83. The molecule has 0 bridgehead atoms. The van der Waals surface area contributed by atoms with Gasteiger partial charge in [0.1, 0.15) is 5.75 Å². The van der Waals surface area contributed by atoms with E-state index in [1.54, 1.807) is 48.5 Å². The summed E-state index contributed by atoms with van der Waals surface area (Å²) >= 11 is 0. The highest BCUT2D eigenvalue weighted by Gasteiger charge is 2.28. The van der Waals surface area contributed by atoms with E-state index < -0.39 is 15.2 Å². The maximum absolute atomic E-state index is 12.9. The minimum absolute atomic E-state index is 0.167. The number of hydrogen-bond donors (Lipinski definition) is 1. The van der Waals surface area contributed by atoms with Crippen molar-refractivity contribution in [2.45, 2.75) is 37.0 Å². The van der Waals surface area contributed by atoms with Gasteiger partial charge in [0, 0.05) is 0 Å². The third-order valence-electron chi connectivity index (χ3n) is 3.83. The van der Waals surface area contributed by atoms with E-state index in [-0.39, 0.29) is 4.90 Å². The van der Waals surface area contributed by atoms with Gasteiger partial charge in [0.15, 0.2) is 5.37 Å². The van der Waals surface area contributed by atoms with Crippen molar-refractivity contribution in [3.63, 3.8) is 0 Å². The molecule has 25 heavy (non-hydrogen) atoms. The molecule has 1 N–H and O–H groups in total. The van der Waals surface area contributed by atoms with Crippen LogP contribution in [0.2, 0.25) is 0 Å². The molecule has 0 aliphatic rings. The van der Waals surface area contributed by atoms with E-state index in [0.717, 1.165) is 18.4 Å². The fourth-order valence-electron chi connectivity index (χ4n) is 2.36. The quantitative estimate of drug-likeness (QED) is 0.549. The van der Waals surface area contributed by atoms with E-state index in [0.29, 0.717) is 24.3 Å². The molecule has 1 unspecified atom stereocenters.